The highest BCUT2D eigenvalue weighted by molar-refractivity contribution is 7.86. The van der Waals surface area contributed by atoms with Gasteiger partial charge in [0.25, 0.3) is 10.2 Å². The van der Waals surface area contributed by atoms with Crippen LogP contribution in [0.25, 0.3) is 10.9 Å². The fourth-order valence-electron chi connectivity index (χ4n) is 5.58. The summed E-state index contributed by atoms with van der Waals surface area (Å²) in [6.45, 7) is 0.419. The highest BCUT2D eigenvalue weighted by Gasteiger charge is 2.49. The van der Waals surface area contributed by atoms with Crippen molar-refractivity contribution in [2.24, 2.45) is 5.92 Å². The van der Waals surface area contributed by atoms with Crippen LogP contribution >= 0.6 is 11.3 Å². The first-order chi connectivity index (χ1) is 17.4. The molecule has 0 aromatic carbocycles. The van der Waals surface area contributed by atoms with Crippen molar-refractivity contribution in [2.75, 3.05) is 23.7 Å². The first-order valence-electron chi connectivity index (χ1n) is 12.1. The lowest BCUT2D eigenvalue weighted by Gasteiger charge is -2.50. The first-order valence-corrected chi connectivity index (χ1v) is 14.3. The Bertz CT molecular complexity index is 1400. The predicted octanol–water partition coefficient (Wildman–Crippen LogP) is 2.15. The largest absolute Gasteiger partial charge is 0.389 e. The van der Waals surface area contributed by atoms with Gasteiger partial charge in [-0.05, 0) is 31.7 Å². The fourth-order valence-corrected chi connectivity index (χ4v) is 8.32. The maximum Gasteiger partial charge on any atom is 0.282 e. The molecule has 3 aliphatic heterocycles. The van der Waals surface area contributed by atoms with Crippen molar-refractivity contribution in [2.45, 2.75) is 56.8 Å². The van der Waals surface area contributed by atoms with E-state index in [1.54, 1.807) is 4.31 Å². The standard InChI is InChI=1S/C22H27N9O3S2/c23-9-13-10-30(11-13)36(33,34)31-15-2-1-3-16(31)7-14(6-15)25-21-17-4-5-24-18(17)8-19(26-21)27-22-29-28-20(12-32)35-22/h4-5,8,13-16,24,32H,1-3,6-7,10-12H2,(H2,25,26,27,29)/t14?,15-,16+. The van der Waals surface area contributed by atoms with Gasteiger partial charge >= 0.3 is 0 Å². The Morgan fingerprint density at radius 3 is 2.72 bits per heavy atom. The Balaban J connectivity index is 1.21. The van der Waals surface area contributed by atoms with Gasteiger partial charge in [-0.2, -0.15) is 22.3 Å². The van der Waals surface area contributed by atoms with E-state index in [-0.39, 0.29) is 30.7 Å². The predicted molar refractivity (Wildman–Crippen MR) is 135 cm³/mol. The monoisotopic (exact) mass is 529 g/mol. The first kappa shape index (κ1) is 23.6. The minimum absolute atomic E-state index is 0.0672. The zero-order valence-corrected chi connectivity index (χ0v) is 21.1. The Labute approximate surface area is 212 Å². The number of nitrogens with zero attached hydrogens (tertiary/aromatic N) is 6. The van der Waals surface area contributed by atoms with E-state index in [0.717, 1.165) is 36.0 Å². The molecule has 2 bridgehead atoms. The lowest BCUT2D eigenvalue weighted by molar-refractivity contribution is 0.0984. The van der Waals surface area contributed by atoms with Crippen molar-refractivity contribution in [3.63, 3.8) is 0 Å². The molecule has 3 aromatic rings. The Morgan fingerprint density at radius 2 is 2.03 bits per heavy atom. The summed E-state index contributed by atoms with van der Waals surface area (Å²) < 4.78 is 29.9. The summed E-state index contributed by atoms with van der Waals surface area (Å²) in [5.41, 5.74) is 0.909. The summed E-state index contributed by atoms with van der Waals surface area (Å²) >= 11 is 1.26. The molecule has 0 saturated carbocycles. The average molecular weight is 530 g/mol. The number of piperidine rings is 2. The molecule has 0 amide bonds. The second-order valence-corrected chi connectivity index (χ2v) is 12.5. The molecule has 14 heteroatoms. The second kappa shape index (κ2) is 9.24. The fraction of sp³-hybridized carbons (Fsp3) is 0.545. The number of H-pyrrole nitrogens is 1. The van der Waals surface area contributed by atoms with E-state index >= 15 is 0 Å². The number of fused-ring (bicyclic) bond motifs is 3. The molecule has 3 aromatic heterocycles. The SMILES string of the molecule is N#CC1CN(S(=O)(=O)N2[C@@H]3CCC[C@H]2CC(Nc2nc(Nc4nnc(CO)s4)cc4[nH]ccc24)C3)C1. The number of nitriles is 1. The van der Waals surface area contributed by atoms with Crippen LogP contribution in [0.2, 0.25) is 0 Å². The molecular formula is C22H27N9O3S2. The van der Waals surface area contributed by atoms with Crippen molar-refractivity contribution in [1.29, 1.82) is 5.26 Å². The van der Waals surface area contributed by atoms with Crippen LogP contribution in [0.4, 0.5) is 16.8 Å². The number of anilines is 3. The van der Waals surface area contributed by atoms with Crippen LogP contribution in [0.3, 0.4) is 0 Å². The molecule has 3 atom stereocenters. The molecule has 0 spiro atoms. The maximum atomic E-state index is 13.4. The van der Waals surface area contributed by atoms with Crippen molar-refractivity contribution in [3.8, 4) is 6.07 Å². The quantitative estimate of drug-likeness (QED) is 0.359. The van der Waals surface area contributed by atoms with Gasteiger partial charge in [0.1, 0.15) is 16.6 Å². The topological polar surface area (TPSA) is 163 Å². The smallest absolute Gasteiger partial charge is 0.282 e. The third kappa shape index (κ3) is 4.20. The van der Waals surface area contributed by atoms with Gasteiger partial charge < -0.3 is 20.7 Å². The summed E-state index contributed by atoms with van der Waals surface area (Å²) in [5.74, 6) is 1.12. The molecule has 0 aliphatic carbocycles. The molecule has 6 rings (SSSR count). The number of rotatable bonds is 7. The molecule has 36 heavy (non-hydrogen) atoms. The third-order valence-electron chi connectivity index (χ3n) is 7.26. The van der Waals surface area contributed by atoms with E-state index in [1.165, 1.54) is 15.6 Å². The summed E-state index contributed by atoms with van der Waals surface area (Å²) in [6.07, 6.45) is 5.96. The number of nitrogens with one attached hydrogen (secondary N) is 3. The molecule has 190 valence electrons. The van der Waals surface area contributed by atoms with Crippen LogP contribution < -0.4 is 10.6 Å². The summed E-state index contributed by atoms with van der Waals surface area (Å²) in [6, 6.07) is 5.97. The summed E-state index contributed by atoms with van der Waals surface area (Å²) in [7, 11) is -3.56. The van der Waals surface area contributed by atoms with Gasteiger partial charge in [0, 0.05) is 48.9 Å². The van der Waals surface area contributed by atoms with E-state index in [1.807, 2.05) is 18.3 Å². The molecular weight excluding hydrogens is 502 g/mol. The number of pyridine rings is 1. The van der Waals surface area contributed by atoms with Crippen LogP contribution in [0.15, 0.2) is 18.3 Å². The molecule has 3 fully saturated rings. The van der Waals surface area contributed by atoms with Crippen LogP contribution in [0.5, 0.6) is 0 Å². The van der Waals surface area contributed by atoms with Gasteiger partial charge in [-0.3, -0.25) is 0 Å². The van der Waals surface area contributed by atoms with Crippen LogP contribution in [0, 0.1) is 17.2 Å². The van der Waals surface area contributed by atoms with Crippen molar-refractivity contribution < 1.29 is 13.5 Å². The van der Waals surface area contributed by atoms with Gasteiger partial charge in [-0.25, -0.2) is 4.98 Å². The van der Waals surface area contributed by atoms with Gasteiger partial charge in [-0.15, -0.1) is 10.2 Å². The number of hydrogen-bond acceptors (Lipinski definition) is 10. The molecule has 3 saturated heterocycles. The van der Waals surface area contributed by atoms with Crippen LogP contribution in [-0.2, 0) is 16.8 Å². The Morgan fingerprint density at radius 1 is 1.25 bits per heavy atom. The van der Waals surface area contributed by atoms with Gasteiger partial charge in [-0.1, -0.05) is 17.8 Å². The number of aromatic nitrogens is 4. The number of aliphatic hydroxyl groups excluding tert-OH is 1. The lowest BCUT2D eigenvalue weighted by Crippen LogP contribution is -2.63. The van der Waals surface area contributed by atoms with Crippen LogP contribution in [0.1, 0.15) is 37.1 Å². The van der Waals surface area contributed by atoms with Gasteiger partial charge in [0.15, 0.2) is 0 Å². The van der Waals surface area contributed by atoms with E-state index in [2.05, 4.69) is 31.9 Å². The van der Waals surface area contributed by atoms with E-state index in [9.17, 15) is 13.5 Å². The minimum atomic E-state index is -3.56. The van der Waals surface area contributed by atoms with Crippen LogP contribution in [-0.4, -0.2) is 73.5 Å². The maximum absolute atomic E-state index is 13.4. The Kier molecular flexibility index (Phi) is 6.05. The minimum Gasteiger partial charge on any atom is -0.389 e. The van der Waals surface area contributed by atoms with Gasteiger partial charge in [0.2, 0.25) is 5.13 Å². The zero-order valence-electron chi connectivity index (χ0n) is 19.5. The molecule has 0 radical (unpaired) electrons. The highest BCUT2D eigenvalue weighted by atomic mass is 32.2. The lowest BCUT2D eigenvalue weighted by atomic mass is 9.84. The van der Waals surface area contributed by atoms with Crippen molar-refractivity contribution in [3.05, 3.63) is 23.3 Å². The van der Waals surface area contributed by atoms with Crippen molar-refractivity contribution >= 4 is 49.2 Å². The van der Waals surface area contributed by atoms with Gasteiger partial charge in [0.05, 0.1) is 24.1 Å². The summed E-state index contributed by atoms with van der Waals surface area (Å²) in [4.78, 5) is 8.02. The Hall–Kier alpha value is -2.83. The van der Waals surface area contributed by atoms with E-state index in [4.69, 9.17) is 10.2 Å². The number of aromatic amines is 1. The zero-order chi connectivity index (χ0) is 24.9. The van der Waals surface area contributed by atoms with E-state index < -0.39 is 10.2 Å². The molecule has 3 aliphatic rings. The normalized spacial score (nSPS) is 25.4. The average Bonchev–Trinajstić information content (AvgIpc) is 3.47. The third-order valence-corrected chi connectivity index (χ3v) is 10.2. The van der Waals surface area contributed by atoms with E-state index in [0.29, 0.717) is 41.9 Å². The summed E-state index contributed by atoms with van der Waals surface area (Å²) in [5, 5.41) is 35.1. The molecule has 6 heterocycles. The molecule has 4 N–H and O–H groups in total. The van der Waals surface area contributed by atoms with Crippen molar-refractivity contribution in [1.82, 2.24) is 28.8 Å². The highest BCUT2D eigenvalue weighted by Crippen LogP contribution is 2.40. The molecule has 12 nitrogen and oxygen atoms in total. The second-order valence-electron chi connectivity index (χ2n) is 9.61. The number of hydrogen-bond donors (Lipinski definition) is 4. The molecule has 1 unspecified atom stereocenters. The number of aliphatic hydroxyl groups is 1.